The smallest absolute Gasteiger partial charge is 0.309 e. The Balaban J connectivity index is 3.93. The summed E-state index contributed by atoms with van der Waals surface area (Å²) in [6.07, 6.45) is 0. The van der Waals surface area contributed by atoms with Gasteiger partial charge in [-0.25, -0.2) is 0 Å². The minimum absolute atomic E-state index is 0.0887. The second-order valence-electron chi connectivity index (χ2n) is 3.90. The molecule has 0 aromatic carbocycles. The van der Waals surface area contributed by atoms with Crippen molar-refractivity contribution in [1.29, 1.82) is 0 Å². The van der Waals surface area contributed by atoms with Gasteiger partial charge in [-0.2, -0.15) is 0 Å². The first-order valence-corrected chi connectivity index (χ1v) is 5.38. The second-order valence-corrected chi connectivity index (χ2v) is 3.90. The Bertz CT molecular complexity index is 185. The Labute approximate surface area is 92.5 Å². The molecule has 0 radical (unpaired) electrons. The summed E-state index contributed by atoms with van der Waals surface area (Å²) < 4.78 is 10.0. The third-order valence-electron chi connectivity index (χ3n) is 2.41. The van der Waals surface area contributed by atoms with Crippen molar-refractivity contribution in [2.45, 2.75) is 26.8 Å². The molecule has 4 heteroatoms. The van der Waals surface area contributed by atoms with Gasteiger partial charge in [0.1, 0.15) is 0 Å². The number of carbonyl (C=O) groups is 1. The van der Waals surface area contributed by atoms with Gasteiger partial charge in [-0.3, -0.25) is 4.79 Å². The molecule has 2 unspecified atom stereocenters. The van der Waals surface area contributed by atoms with Crippen LogP contribution in [-0.4, -0.2) is 50.8 Å². The van der Waals surface area contributed by atoms with Crippen LogP contribution in [-0.2, 0) is 14.3 Å². The highest BCUT2D eigenvalue weighted by atomic mass is 16.5. The molecule has 0 fully saturated rings. The molecule has 4 nitrogen and oxygen atoms in total. The summed E-state index contributed by atoms with van der Waals surface area (Å²) in [7, 11) is 3.67. The fraction of sp³-hybridized carbons (Fsp3) is 0.909. The van der Waals surface area contributed by atoms with Crippen molar-refractivity contribution in [1.82, 2.24) is 4.90 Å². The topological polar surface area (TPSA) is 38.8 Å². The first kappa shape index (κ1) is 14.4. The van der Waals surface area contributed by atoms with Gasteiger partial charge in [0.15, 0.2) is 0 Å². The zero-order chi connectivity index (χ0) is 11.8. The monoisotopic (exact) mass is 217 g/mol. The normalized spacial score (nSPS) is 15.1. The third-order valence-corrected chi connectivity index (χ3v) is 2.41. The van der Waals surface area contributed by atoms with Gasteiger partial charge >= 0.3 is 5.97 Å². The average molecular weight is 217 g/mol. The number of carbonyl (C=O) groups excluding carboxylic acids is 1. The van der Waals surface area contributed by atoms with Crippen molar-refractivity contribution in [2.24, 2.45) is 5.92 Å². The second kappa shape index (κ2) is 7.65. The molecule has 0 saturated carbocycles. The summed E-state index contributed by atoms with van der Waals surface area (Å²) in [5.74, 6) is -0.219. The Kier molecular flexibility index (Phi) is 7.34. The van der Waals surface area contributed by atoms with E-state index >= 15 is 0 Å². The minimum Gasteiger partial charge on any atom is -0.466 e. The lowest BCUT2D eigenvalue weighted by molar-refractivity contribution is -0.148. The lowest BCUT2D eigenvalue weighted by Crippen LogP contribution is -2.38. The average Bonchev–Trinajstić information content (AvgIpc) is 2.18. The van der Waals surface area contributed by atoms with Crippen LogP contribution in [0, 0.1) is 5.92 Å². The number of nitrogens with zero attached hydrogens (tertiary/aromatic N) is 1. The zero-order valence-electron chi connectivity index (χ0n) is 10.4. The molecular weight excluding hydrogens is 194 g/mol. The number of ether oxygens (including phenoxy) is 2. The molecule has 0 spiro atoms. The number of rotatable bonds is 7. The molecule has 2 atom stereocenters. The van der Waals surface area contributed by atoms with Crippen molar-refractivity contribution in [3.8, 4) is 0 Å². The molecule has 90 valence electrons. The number of likely N-dealkylation sites (N-methyl/N-ethyl adjacent to an activating group) is 1. The van der Waals surface area contributed by atoms with E-state index in [0.717, 1.165) is 0 Å². The van der Waals surface area contributed by atoms with Gasteiger partial charge in [-0.05, 0) is 20.9 Å². The molecule has 0 saturated heterocycles. The Morgan fingerprint density at radius 2 is 2.00 bits per heavy atom. The predicted octanol–water partition coefficient (Wildman–Crippen LogP) is 1.15. The van der Waals surface area contributed by atoms with Crippen LogP contribution >= 0.6 is 0 Å². The summed E-state index contributed by atoms with van der Waals surface area (Å²) in [6, 6.07) is 0.312. The molecule has 0 bridgehead atoms. The van der Waals surface area contributed by atoms with Gasteiger partial charge in [0.25, 0.3) is 0 Å². The largest absolute Gasteiger partial charge is 0.466 e. The number of hydrogen-bond acceptors (Lipinski definition) is 4. The number of hydrogen-bond donors (Lipinski definition) is 0. The van der Waals surface area contributed by atoms with Gasteiger partial charge < -0.3 is 14.4 Å². The highest BCUT2D eigenvalue weighted by Gasteiger charge is 2.18. The summed E-state index contributed by atoms with van der Waals surface area (Å²) in [6.45, 7) is 7.59. The molecule has 0 amide bonds. The maximum atomic E-state index is 11.4. The highest BCUT2D eigenvalue weighted by Crippen LogP contribution is 2.04. The lowest BCUT2D eigenvalue weighted by atomic mass is 10.1. The van der Waals surface area contributed by atoms with Crippen molar-refractivity contribution >= 4 is 5.97 Å². The van der Waals surface area contributed by atoms with E-state index in [1.807, 2.05) is 20.9 Å². The SMILES string of the molecule is CCOC(=O)C(C)CN(C)C(C)COC. The van der Waals surface area contributed by atoms with E-state index < -0.39 is 0 Å². The first-order valence-electron chi connectivity index (χ1n) is 5.38. The Morgan fingerprint density at radius 1 is 1.40 bits per heavy atom. The van der Waals surface area contributed by atoms with Gasteiger partial charge in [0, 0.05) is 19.7 Å². The van der Waals surface area contributed by atoms with E-state index in [-0.39, 0.29) is 11.9 Å². The Morgan fingerprint density at radius 3 is 2.47 bits per heavy atom. The van der Waals surface area contributed by atoms with Gasteiger partial charge in [0.05, 0.1) is 19.1 Å². The molecule has 0 aliphatic carbocycles. The molecule has 0 aliphatic rings. The van der Waals surface area contributed by atoms with Crippen molar-refractivity contribution < 1.29 is 14.3 Å². The summed E-state index contributed by atoms with van der Waals surface area (Å²) in [4.78, 5) is 13.5. The molecule has 0 aromatic heterocycles. The van der Waals surface area contributed by atoms with Crippen LogP contribution in [0.5, 0.6) is 0 Å². The summed E-state index contributed by atoms with van der Waals surface area (Å²) in [5, 5.41) is 0. The van der Waals surface area contributed by atoms with Crippen LogP contribution in [0.3, 0.4) is 0 Å². The minimum atomic E-state index is -0.131. The molecule has 0 aromatic rings. The summed E-state index contributed by atoms with van der Waals surface area (Å²) >= 11 is 0. The maximum Gasteiger partial charge on any atom is 0.309 e. The zero-order valence-corrected chi connectivity index (χ0v) is 10.4. The van der Waals surface area contributed by atoms with E-state index in [9.17, 15) is 4.79 Å². The van der Waals surface area contributed by atoms with Crippen LogP contribution in [0.2, 0.25) is 0 Å². The van der Waals surface area contributed by atoms with Gasteiger partial charge in [-0.15, -0.1) is 0 Å². The van der Waals surface area contributed by atoms with Crippen molar-refractivity contribution in [3.05, 3.63) is 0 Å². The predicted molar refractivity (Wildman–Crippen MR) is 59.8 cm³/mol. The van der Waals surface area contributed by atoms with Crippen molar-refractivity contribution in [3.63, 3.8) is 0 Å². The molecule has 15 heavy (non-hydrogen) atoms. The lowest BCUT2D eigenvalue weighted by Gasteiger charge is -2.26. The van der Waals surface area contributed by atoms with Crippen LogP contribution in [0.1, 0.15) is 20.8 Å². The maximum absolute atomic E-state index is 11.4. The standard InChI is InChI=1S/C11H23NO3/c1-6-15-11(13)9(2)7-12(4)10(3)8-14-5/h9-10H,6-8H2,1-5H3. The van der Waals surface area contributed by atoms with Gasteiger partial charge in [-0.1, -0.05) is 6.92 Å². The van der Waals surface area contributed by atoms with Crippen LogP contribution in [0.15, 0.2) is 0 Å². The summed E-state index contributed by atoms with van der Waals surface area (Å²) in [5.41, 5.74) is 0. The van der Waals surface area contributed by atoms with Crippen LogP contribution in [0.4, 0.5) is 0 Å². The molecule has 0 aliphatic heterocycles. The molecular formula is C11H23NO3. The molecule has 0 heterocycles. The van der Waals surface area contributed by atoms with E-state index in [2.05, 4.69) is 11.8 Å². The van der Waals surface area contributed by atoms with E-state index in [0.29, 0.717) is 25.8 Å². The quantitative estimate of drug-likeness (QED) is 0.600. The van der Waals surface area contributed by atoms with Crippen LogP contribution in [0.25, 0.3) is 0 Å². The van der Waals surface area contributed by atoms with E-state index in [1.54, 1.807) is 7.11 Å². The van der Waals surface area contributed by atoms with E-state index in [4.69, 9.17) is 9.47 Å². The molecule has 0 rings (SSSR count). The third kappa shape index (κ3) is 5.74. The fourth-order valence-electron chi connectivity index (χ4n) is 1.34. The number of esters is 1. The highest BCUT2D eigenvalue weighted by molar-refractivity contribution is 5.72. The molecule has 0 N–H and O–H groups in total. The van der Waals surface area contributed by atoms with Gasteiger partial charge in [0.2, 0.25) is 0 Å². The van der Waals surface area contributed by atoms with Crippen molar-refractivity contribution in [2.75, 3.05) is 33.9 Å². The van der Waals surface area contributed by atoms with Crippen LogP contribution < -0.4 is 0 Å². The Hall–Kier alpha value is -0.610. The van der Waals surface area contributed by atoms with E-state index in [1.165, 1.54) is 0 Å². The first-order chi connectivity index (χ1) is 7.02. The fourth-order valence-corrected chi connectivity index (χ4v) is 1.34. The number of methoxy groups -OCH3 is 1.